The maximum Gasteiger partial charge on any atom is 0.330 e. The van der Waals surface area contributed by atoms with Crippen molar-refractivity contribution >= 4 is 11.8 Å². The molecule has 0 N–H and O–H groups in total. The zero-order chi connectivity index (χ0) is 18.9. The lowest BCUT2D eigenvalue weighted by Gasteiger charge is -2.39. The number of rotatable bonds is 1. The van der Waals surface area contributed by atoms with Gasteiger partial charge in [0.05, 0.1) is 11.1 Å². The molecule has 0 saturated carbocycles. The second-order valence-corrected chi connectivity index (χ2v) is 6.46. The minimum atomic E-state index is -0.585. The Hall–Kier alpha value is -3.20. The molecule has 0 unspecified atom stereocenters. The summed E-state index contributed by atoms with van der Waals surface area (Å²) in [5.41, 5.74) is 0.139. The van der Waals surface area contributed by atoms with Gasteiger partial charge in [-0.3, -0.25) is 4.90 Å². The maximum atomic E-state index is 13.6. The van der Waals surface area contributed by atoms with Crippen LogP contribution in [0.25, 0.3) is 0 Å². The van der Waals surface area contributed by atoms with E-state index in [1.54, 1.807) is 30.3 Å². The van der Waals surface area contributed by atoms with E-state index in [0.29, 0.717) is 11.4 Å². The van der Waals surface area contributed by atoms with Crippen molar-refractivity contribution in [1.29, 1.82) is 0 Å². The number of carbonyl (C=O) groups is 1. The van der Waals surface area contributed by atoms with Gasteiger partial charge in [0.15, 0.2) is 0 Å². The molecule has 2 aromatic rings. The third-order valence-corrected chi connectivity index (χ3v) is 4.25. The molecule has 26 heavy (non-hydrogen) atoms. The molecular formula is C20H17F2N3O. The van der Waals surface area contributed by atoms with Crippen LogP contribution in [0, 0.1) is 23.5 Å². The molecule has 0 spiro atoms. The molecular weight excluding hydrogens is 336 g/mol. The Labute approximate surface area is 150 Å². The number of hydrogen-bond acceptors (Lipinski definition) is 2. The first-order chi connectivity index (χ1) is 12.3. The summed E-state index contributed by atoms with van der Waals surface area (Å²) in [5.74, 6) is 4.65. The summed E-state index contributed by atoms with van der Waals surface area (Å²) in [6.07, 6.45) is 5.09. The van der Waals surface area contributed by atoms with Crippen LogP contribution in [0.15, 0.2) is 48.8 Å². The third kappa shape index (κ3) is 3.42. The number of aromatic nitrogens is 1. The van der Waals surface area contributed by atoms with Gasteiger partial charge in [0.25, 0.3) is 0 Å². The summed E-state index contributed by atoms with van der Waals surface area (Å²) in [4.78, 5) is 19.8. The Morgan fingerprint density at radius 1 is 1.12 bits per heavy atom. The summed E-state index contributed by atoms with van der Waals surface area (Å²) in [6, 6.07) is 6.25. The average Bonchev–Trinajstić information content (AvgIpc) is 2.61. The van der Waals surface area contributed by atoms with Crippen molar-refractivity contribution in [3.63, 3.8) is 0 Å². The van der Waals surface area contributed by atoms with Crippen LogP contribution in [-0.2, 0) is 0 Å². The highest BCUT2D eigenvalue weighted by molar-refractivity contribution is 5.94. The largest absolute Gasteiger partial charge is 0.330 e. The fourth-order valence-corrected chi connectivity index (χ4v) is 2.35. The van der Waals surface area contributed by atoms with Crippen molar-refractivity contribution in [2.24, 2.45) is 0 Å². The number of nitrogens with zero attached hydrogens (tertiary/aromatic N) is 3. The number of halogens is 2. The third-order valence-electron chi connectivity index (χ3n) is 4.25. The molecule has 1 aliphatic rings. The second kappa shape index (κ2) is 6.60. The molecule has 0 aliphatic carbocycles. The normalized spacial score (nSPS) is 15.7. The van der Waals surface area contributed by atoms with Crippen molar-refractivity contribution in [2.75, 3.05) is 11.9 Å². The highest BCUT2D eigenvalue weighted by Crippen LogP contribution is 2.25. The Morgan fingerprint density at radius 2 is 1.88 bits per heavy atom. The van der Waals surface area contributed by atoms with E-state index in [-0.39, 0.29) is 17.1 Å². The lowest BCUT2D eigenvalue weighted by molar-refractivity contribution is 0.181. The van der Waals surface area contributed by atoms with Gasteiger partial charge in [0.2, 0.25) is 0 Å². The monoisotopic (exact) mass is 353 g/mol. The first kappa shape index (κ1) is 17.6. The molecule has 1 aromatic heterocycles. The summed E-state index contributed by atoms with van der Waals surface area (Å²) in [6.45, 7) is 3.88. The second-order valence-electron chi connectivity index (χ2n) is 6.46. The smallest absolute Gasteiger partial charge is 0.318 e. The van der Waals surface area contributed by atoms with E-state index in [2.05, 4.69) is 16.8 Å². The predicted octanol–water partition coefficient (Wildman–Crippen LogP) is 3.92. The van der Waals surface area contributed by atoms with Gasteiger partial charge in [-0.25, -0.2) is 18.6 Å². The topological polar surface area (TPSA) is 36.4 Å². The van der Waals surface area contributed by atoms with E-state index < -0.39 is 11.6 Å². The Kier molecular flexibility index (Phi) is 4.47. The fraction of sp³-hybridized carbons (Fsp3) is 0.200. The summed E-state index contributed by atoms with van der Waals surface area (Å²) in [5, 5.41) is 0. The van der Waals surface area contributed by atoms with Gasteiger partial charge >= 0.3 is 6.03 Å². The number of amides is 2. The van der Waals surface area contributed by atoms with Gasteiger partial charge < -0.3 is 4.90 Å². The van der Waals surface area contributed by atoms with Crippen molar-refractivity contribution in [2.45, 2.75) is 19.4 Å². The van der Waals surface area contributed by atoms with E-state index in [0.717, 1.165) is 18.2 Å². The van der Waals surface area contributed by atoms with Gasteiger partial charge in [-0.15, -0.1) is 0 Å². The molecule has 0 bridgehead atoms. The van der Waals surface area contributed by atoms with Gasteiger partial charge in [0.1, 0.15) is 17.5 Å². The van der Waals surface area contributed by atoms with Gasteiger partial charge in [-0.2, -0.15) is 0 Å². The standard InChI is InChI=1S/C20H17F2N3O/c1-20(2)10-11-25(19(26)24(20)3)18-9-5-14(13-23-18)4-6-15-12-16(21)7-8-17(15)22/h5,7-13H,1-3H3. The van der Waals surface area contributed by atoms with Crippen LogP contribution in [0.2, 0.25) is 0 Å². The highest BCUT2D eigenvalue weighted by Gasteiger charge is 2.33. The SMILES string of the molecule is CN1C(=O)N(c2ccc(C#Cc3cc(F)ccc3F)cn2)C=CC1(C)C. The zero-order valence-electron chi connectivity index (χ0n) is 14.6. The molecule has 0 fully saturated rings. The molecule has 0 radical (unpaired) electrons. The number of anilines is 1. The maximum absolute atomic E-state index is 13.6. The molecule has 0 saturated heterocycles. The molecule has 2 amide bonds. The van der Waals surface area contributed by atoms with Crippen molar-refractivity contribution < 1.29 is 13.6 Å². The molecule has 0 atom stereocenters. The zero-order valence-corrected chi connectivity index (χ0v) is 14.6. The molecule has 132 valence electrons. The number of carbonyl (C=O) groups excluding carboxylic acids is 1. The lowest BCUT2D eigenvalue weighted by Crippen LogP contribution is -2.52. The quantitative estimate of drug-likeness (QED) is 0.729. The van der Waals surface area contributed by atoms with Gasteiger partial charge in [-0.05, 0) is 50.3 Å². The Balaban J connectivity index is 1.83. The van der Waals surface area contributed by atoms with Crippen molar-refractivity contribution in [3.05, 3.63) is 71.6 Å². The Bertz CT molecular complexity index is 940. The van der Waals surface area contributed by atoms with Crippen molar-refractivity contribution in [1.82, 2.24) is 9.88 Å². The van der Waals surface area contributed by atoms with Crippen molar-refractivity contribution in [3.8, 4) is 11.8 Å². The molecule has 4 nitrogen and oxygen atoms in total. The van der Waals surface area contributed by atoms with Crippen LogP contribution < -0.4 is 4.90 Å². The van der Waals surface area contributed by atoms with E-state index in [1.807, 2.05) is 19.9 Å². The molecule has 1 aromatic carbocycles. The Morgan fingerprint density at radius 3 is 2.58 bits per heavy atom. The van der Waals surface area contributed by atoms with E-state index in [9.17, 15) is 13.6 Å². The van der Waals surface area contributed by atoms with Crippen LogP contribution in [0.3, 0.4) is 0 Å². The first-order valence-corrected chi connectivity index (χ1v) is 7.97. The minimum Gasteiger partial charge on any atom is -0.318 e. The van der Waals surface area contributed by atoms with E-state index >= 15 is 0 Å². The molecule has 6 heteroatoms. The number of pyridine rings is 1. The highest BCUT2D eigenvalue weighted by atomic mass is 19.1. The summed E-state index contributed by atoms with van der Waals surface area (Å²) in [7, 11) is 1.73. The minimum absolute atomic E-state index is 0.0212. The van der Waals surface area contributed by atoms with Crippen LogP contribution in [0.5, 0.6) is 0 Å². The average molecular weight is 353 g/mol. The van der Waals surface area contributed by atoms with Crippen LogP contribution in [0.1, 0.15) is 25.0 Å². The summed E-state index contributed by atoms with van der Waals surface area (Å²) < 4.78 is 26.7. The number of urea groups is 1. The lowest BCUT2D eigenvalue weighted by atomic mass is 10.0. The van der Waals surface area contributed by atoms with Gasteiger partial charge in [-0.1, -0.05) is 11.8 Å². The van der Waals surface area contributed by atoms with Crippen LogP contribution in [-0.4, -0.2) is 28.5 Å². The number of hydrogen-bond donors (Lipinski definition) is 0. The number of likely N-dealkylation sites (N-methyl/N-ethyl adjacent to an activating group) is 1. The summed E-state index contributed by atoms with van der Waals surface area (Å²) >= 11 is 0. The number of benzene rings is 1. The first-order valence-electron chi connectivity index (χ1n) is 7.97. The molecule has 3 rings (SSSR count). The predicted molar refractivity (Wildman–Crippen MR) is 95.4 cm³/mol. The molecule has 1 aliphatic heterocycles. The molecule has 2 heterocycles. The van der Waals surface area contributed by atoms with Crippen LogP contribution >= 0.6 is 0 Å². The van der Waals surface area contributed by atoms with Gasteiger partial charge in [0, 0.05) is 25.0 Å². The fourth-order valence-electron chi connectivity index (χ4n) is 2.35. The van der Waals surface area contributed by atoms with Crippen LogP contribution in [0.4, 0.5) is 19.4 Å². The van der Waals surface area contributed by atoms with E-state index in [1.165, 1.54) is 11.1 Å². The van der Waals surface area contributed by atoms with E-state index in [4.69, 9.17) is 0 Å².